The second-order valence-electron chi connectivity index (χ2n) is 4.67. The fraction of sp³-hybridized carbons (Fsp3) is 0.462. The van der Waals surface area contributed by atoms with Gasteiger partial charge in [0.1, 0.15) is 5.82 Å². The molecular formula is C13H18ClFN2O. The first-order valence-electron chi connectivity index (χ1n) is 5.89. The van der Waals surface area contributed by atoms with Crippen LogP contribution in [-0.4, -0.2) is 11.9 Å². The van der Waals surface area contributed by atoms with E-state index < -0.39 is 0 Å². The van der Waals surface area contributed by atoms with Crippen LogP contribution in [0.5, 0.6) is 0 Å². The standard InChI is InChI=1S/C13H17FN2O.ClH/c1-8-11(14)3-2-4-12(8)16-13(17)9-5-6-10(15)7-9;/h2-4,9-10H,5-7,15H2,1H3,(H,16,17);1H. The van der Waals surface area contributed by atoms with Crippen LogP contribution in [0.3, 0.4) is 0 Å². The Bertz CT molecular complexity index is 439. The van der Waals surface area contributed by atoms with Gasteiger partial charge in [0.05, 0.1) is 0 Å². The zero-order valence-corrected chi connectivity index (χ0v) is 11.1. The molecule has 1 aliphatic rings. The zero-order valence-electron chi connectivity index (χ0n) is 10.3. The third-order valence-electron chi connectivity index (χ3n) is 3.37. The van der Waals surface area contributed by atoms with Crippen molar-refractivity contribution in [3.8, 4) is 0 Å². The highest BCUT2D eigenvalue weighted by Crippen LogP contribution is 2.26. The summed E-state index contributed by atoms with van der Waals surface area (Å²) in [5, 5.41) is 2.78. The van der Waals surface area contributed by atoms with Crippen molar-refractivity contribution in [1.29, 1.82) is 0 Å². The van der Waals surface area contributed by atoms with E-state index in [-0.39, 0.29) is 36.1 Å². The van der Waals surface area contributed by atoms with Crippen molar-refractivity contribution in [1.82, 2.24) is 0 Å². The van der Waals surface area contributed by atoms with Gasteiger partial charge in [-0.05, 0) is 38.3 Å². The number of hydrogen-bond donors (Lipinski definition) is 2. The Balaban J connectivity index is 0.00000162. The van der Waals surface area contributed by atoms with E-state index in [2.05, 4.69) is 5.32 Å². The Kier molecular flexibility index (Phi) is 5.11. The van der Waals surface area contributed by atoms with E-state index in [0.717, 1.165) is 19.3 Å². The van der Waals surface area contributed by atoms with Crippen molar-refractivity contribution in [2.75, 3.05) is 5.32 Å². The number of nitrogens with one attached hydrogen (secondary N) is 1. The van der Waals surface area contributed by atoms with Crippen molar-refractivity contribution in [3.63, 3.8) is 0 Å². The van der Waals surface area contributed by atoms with Gasteiger partial charge in [-0.25, -0.2) is 4.39 Å². The molecule has 3 N–H and O–H groups in total. The summed E-state index contributed by atoms with van der Waals surface area (Å²) in [6.45, 7) is 1.66. The number of halogens is 2. The Morgan fingerprint density at radius 3 is 2.78 bits per heavy atom. The molecule has 18 heavy (non-hydrogen) atoms. The molecular weight excluding hydrogens is 255 g/mol. The molecule has 0 heterocycles. The van der Waals surface area contributed by atoms with Gasteiger partial charge in [0.2, 0.25) is 5.91 Å². The number of nitrogens with two attached hydrogens (primary N) is 1. The van der Waals surface area contributed by atoms with Crippen LogP contribution in [0.1, 0.15) is 24.8 Å². The van der Waals surface area contributed by atoms with Gasteiger partial charge in [0.15, 0.2) is 0 Å². The summed E-state index contributed by atoms with van der Waals surface area (Å²) in [5.74, 6) is -0.384. The van der Waals surface area contributed by atoms with E-state index in [0.29, 0.717) is 11.3 Å². The molecule has 0 bridgehead atoms. The summed E-state index contributed by atoms with van der Waals surface area (Å²) in [6.07, 6.45) is 2.43. The van der Waals surface area contributed by atoms with Crippen LogP contribution in [0.25, 0.3) is 0 Å². The van der Waals surface area contributed by atoms with Gasteiger partial charge < -0.3 is 11.1 Å². The highest BCUT2D eigenvalue weighted by Gasteiger charge is 2.27. The predicted octanol–water partition coefficient (Wildman–Crippen LogP) is 2.62. The average Bonchev–Trinajstić information content (AvgIpc) is 2.72. The summed E-state index contributed by atoms with van der Waals surface area (Å²) >= 11 is 0. The van der Waals surface area contributed by atoms with Crippen LogP contribution in [0.4, 0.5) is 10.1 Å². The molecule has 1 amide bonds. The van der Waals surface area contributed by atoms with Gasteiger partial charge in [0.25, 0.3) is 0 Å². The van der Waals surface area contributed by atoms with E-state index in [1.54, 1.807) is 19.1 Å². The molecule has 0 radical (unpaired) electrons. The zero-order chi connectivity index (χ0) is 12.4. The summed E-state index contributed by atoms with van der Waals surface area (Å²) in [4.78, 5) is 11.9. The van der Waals surface area contributed by atoms with E-state index >= 15 is 0 Å². The second-order valence-corrected chi connectivity index (χ2v) is 4.67. The van der Waals surface area contributed by atoms with Gasteiger partial charge in [0, 0.05) is 23.2 Å². The van der Waals surface area contributed by atoms with Crippen LogP contribution in [0, 0.1) is 18.7 Å². The van der Waals surface area contributed by atoms with Gasteiger partial charge in [-0.15, -0.1) is 12.4 Å². The van der Waals surface area contributed by atoms with Crippen LogP contribution in [-0.2, 0) is 4.79 Å². The number of anilines is 1. The topological polar surface area (TPSA) is 55.1 Å². The fourth-order valence-electron chi connectivity index (χ4n) is 2.23. The maximum Gasteiger partial charge on any atom is 0.227 e. The Morgan fingerprint density at radius 2 is 2.17 bits per heavy atom. The highest BCUT2D eigenvalue weighted by atomic mass is 35.5. The van der Waals surface area contributed by atoms with Crippen LogP contribution >= 0.6 is 12.4 Å². The quantitative estimate of drug-likeness (QED) is 0.870. The molecule has 0 saturated heterocycles. The van der Waals surface area contributed by atoms with Crippen molar-refractivity contribution >= 4 is 24.0 Å². The number of rotatable bonds is 2. The smallest absolute Gasteiger partial charge is 0.227 e. The minimum atomic E-state index is -0.300. The second kappa shape index (κ2) is 6.16. The van der Waals surface area contributed by atoms with E-state index in [4.69, 9.17) is 5.73 Å². The molecule has 5 heteroatoms. The average molecular weight is 273 g/mol. The van der Waals surface area contributed by atoms with E-state index in [1.165, 1.54) is 6.07 Å². The van der Waals surface area contributed by atoms with E-state index in [1.807, 2.05) is 0 Å². The lowest BCUT2D eigenvalue weighted by Crippen LogP contribution is -2.23. The SMILES string of the molecule is Cc1c(F)cccc1NC(=O)C1CCC(N)C1.Cl. The first-order valence-corrected chi connectivity index (χ1v) is 5.89. The molecule has 0 aliphatic heterocycles. The number of hydrogen-bond acceptors (Lipinski definition) is 2. The predicted molar refractivity (Wildman–Crippen MR) is 72.3 cm³/mol. The van der Waals surface area contributed by atoms with E-state index in [9.17, 15) is 9.18 Å². The molecule has 1 aromatic carbocycles. The summed E-state index contributed by atoms with van der Waals surface area (Å²) in [5.41, 5.74) is 6.80. The third-order valence-corrected chi connectivity index (χ3v) is 3.37. The highest BCUT2D eigenvalue weighted by molar-refractivity contribution is 5.93. The van der Waals surface area contributed by atoms with Gasteiger partial charge in [-0.3, -0.25) is 4.79 Å². The molecule has 2 atom stereocenters. The minimum absolute atomic E-state index is 0. The normalized spacial score (nSPS) is 22.4. The van der Waals surface area contributed by atoms with Crippen molar-refractivity contribution in [2.45, 2.75) is 32.2 Å². The lowest BCUT2D eigenvalue weighted by atomic mass is 10.1. The Labute approximate surface area is 112 Å². The number of carbonyl (C=O) groups excluding carboxylic acids is 1. The van der Waals surface area contributed by atoms with Crippen molar-refractivity contribution in [3.05, 3.63) is 29.6 Å². The largest absolute Gasteiger partial charge is 0.328 e. The Morgan fingerprint density at radius 1 is 1.44 bits per heavy atom. The molecule has 100 valence electrons. The lowest BCUT2D eigenvalue weighted by molar-refractivity contribution is -0.119. The summed E-state index contributed by atoms with van der Waals surface area (Å²) < 4.78 is 13.3. The maximum atomic E-state index is 13.3. The number of amides is 1. The molecule has 0 aromatic heterocycles. The molecule has 1 saturated carbocycles. The number of carbonyl (C=O) groups is 1. The van der Waals surface area contributed by atoms with Gasteiger partial charge in [-0.1, -0.05) is 6.07 Å². The van der Waals surface area contributed by atoms with Crippen LogP contribution < -0.4 is 11.1 Å². The first kappa shape index (κ1) is 14.9. The van der Waals surface area contributed by atoms with Crippen molar-refractivity contribution < 1.29 is 9.18 Å². The molecule has 1 aliphatic carbocycles. The van der Waals surface area contributed by atoms with Gasteiger partial charge in [-0.2, -0.15) is 0 Å². The molecule has 3 nitrogen and oxygen atoms in total. The first-order chi connectivity index (χ1) is 8.08. The molecule has 1 aromatic rings. The maximum absolute atomic E-state index is 13.3. The third kappa shape index (κ3) is 3.21. The molecule has 1 fully saturated rings. The monoisotopic (exact) mass is 272 g/mol. The van der Waals surface area contributed by atoms with Crippen LogP contribution in [0.15, 0.2) is 18.2 Å². The minimum Gasteiger partial charge on any atom is -0.328 e. The van der Waals surface area contributed by atoms with Crippen molar-refractivity contribution in [2.24, 2.45) is 11.7 Å². The molecule has 0 spiro atoms. The number of benzene rings is 1. The fourth-order valence-corrected chi connectivity index (χ4v) is 2.23. The van der Waals surface area contributed by atoms with Gasteiger partial charge >= 0.3 is 0 Å². The van der Waals surface area contributed by atoms with Crippen LogP contribution in [0.2, 0.25) is 0 Å². The Hall–Kier alpha value is -1.13. The molecule has 2 unspecified atom stereocenters. The lowest BCUT2D eigenvalue weighted by Gasteiger charge is -2.12. The summed E-state index contributed by atoms with van der Waals surface area (Å²) in [7, 11) is 0. The molecule has 2 rings (SSSR count). The summed E-state index contributed by atoms with van der Waals surface area (Å²) in [6, 6.07) is 4.82.